The number of hydrogen-bond acceptors (Lipinski definition) is 2. The fourth-order valence-electron chi connectivity index (χ4n) is 4.44. The first kappa shape index (κ1) is 25.5. The van der Waals surface area contributed by atoms with E-state index in [0.717, 1.165) is 5.56 Å². The number of Topliss-reactive ketones (excluding diaryl/α,β-unsaturated/α-hetero) is 1. The highest BCUT2D eigenvalue weighted by atomic mass is 19.4. The quantitative estimate of drug-likeness (QED) is 0.356. The second-order valence-electron chi connectivity index (χ2n) is 8.32. The lowest BCUT2D eigenvalue weighted by atomic mass is 9.74. The summed E-state index contributed by atoms with van der Waals surface area (Å²) in [6.07, 6.45) is -8.22. The summed E-state index contributed by atoms with van der Waals surface area (Å²) in [7, 11) is 0. The van der Waals surface area contributed by atoms with Crippen LogP contribution in [0.4, 0.5) is 26.3 Å². The molecule has 0 saturated heterocycles. The Morgan fingerprint density at radius 2 is 1.47 bits per heavy atom. The molecule has 0 spiro atoms. The van der Waals surface area contributed by atoms with Gasteiger partial charge in [0.25, 0.3) is 0 Å². The standard InChI is InChI=1S/C25H23F6NO2/c1-2-12-32(23(10-8-21(33)9-11-23)18-6-4-3-5-7-18)22(34)15-17-13-19(24(26,27)28)16-20(14-17)25(29,30)31/h2-7,13-14,16H,1,8-12,15H2. The zero-order chi connectivity index (χ0) is 25.1. The molecule has 2 aromatic rings. The van der Waals surface area contributed by atoms with Crippen molar-refractivity contribution in [3.8, 4) is 0 Å². The Bertz CT molecular complexity index is 1020. The van der Waals surface area contributed by atoms with Crippen LogP contribution in [-0.4, -0.2) is 23.1 Å². The van der Waals surface area contributed by atoms with Gasteiger partial charge in [-0.15, -0.1) is 6.58 Å². The first-order chi connectivity index (χ1) is 15.9. The Morgan fingerprint density at radius 1 is 0.941 bits per heavy atom. The van der Waals surface area contributed by atoms with Crippen LogP contribution in [0.3, 0.4) is 0 Å². The minimum Gasteiger partial charge on any atom is -0.329 e. The predicted octanol–water partition coefficient (Wildman–Crippen LogP) is 6.32. The van der Waals surface area contributed by atoms with Gasteiger partial charge in [0.2, 0.25) is 5.91 Å². The van der Waals surface area contributed by atoms with Crippen LogP contribution in [0.25, 0.3) is 0 Å². The molecule has 1 saturated carbocycles. The van der Waals surface area contributed by atoms with E-state index in [1.54, 1.807) is 30.3 Å². The Balaban J connectivity index is 2.03. The van der Waals surface area contributed by atoms with Crippen molar-refractivity contribution in [1.29, 1.82) is 0 Å². The molecule has 1 aliphatic carbocycles. The molecule has 1 amide bonds. The fourth-order valence-corrected chi connectivity index (χ4v) is 4.44. The third kappa shape index (κ3) is 5.51. The minimum atomic E-state index is -5.01. The SMILES string of the molecule is C=CCN(C(=O)Cc1cc(C(F)(F)F)cc(C(F)(F)F)c1)C1(c2ccccc2)CCC(=O)CC1. The van der Waals surface area contributed by atoms with Crippen LogP contribution in [0.2, 0.25) is 0 Å². The van der Waals surface area contributed by atoms with Crippen molar-refractivity contribution < 1.29 is 35.9 Å². The number of hydrogen-bond donors (Lipinski definition) is 0. The predicted molar refractivity (Wildman–Crippen MR) is 114 cm³/mol. The van der Waals surface area contributed by atoms with Crippen LogP contribution in [-0.2, 0) is 33.9 Å². The topological polar surface area (TPSA) is 37.4 Å². The maximum absolute atomic E-state index is 13.4. The van der Waals surface area contributed by atoms with Gasteiger partial charge in [-0.25, -0.2) is 0 Å². The van der Waals surface area contributed by atoms with Gasteiger partial charge in [-0.1, -0.05) is 36.4 Å². The molecule has 0 atom stereocenters. The molecular formula is C25H23F6NO2. The Labute approximate surface area is 193 Å². The van der Waals surface area contributed by atoms with Crippen molar-refractivity contribution in [3.63, 3.8) is 0 Å². The first-order valence-electron chi connectivity index (χ1n) is 10.6. The van der Waals surface area contributed by atoms with Crippen molar-refractivity contribution in [2.24, 2.45) is 0 Å². The summed E-state index contributed by atoms with van der Waals surface area (Å²) in [4.78, 5) is 26.8. The highest BCUT2D eigenvalue weighted by Gasteiger charge is 2.43. The van der Waals surface area contributed by atoms with Crippen molar-refractivity contribution in [1.82, 2.24) is 4.90 Å². The average Bonchev–Trinajstić information content (AvgIpc) is 2.77. The largest absolute Gasteiger partial charge is 0.416 e. The number of halogens is 6. The molecule has 1 aliphatic rings. The van der Waals surface area contributed by atoms with E-state index in [2.05, 4.69) is 6.58 Å². The zero-order valence-electron chi connectivity index (χ0n) is 18.2. The Kier molecular flexibility index (Phi) is 7.24. The van der Waals surface area contributed by atoms with Crippen molar-refractivity contribution >= 4 is 11.7 Å². The molecule has 0 unspecified atom stereocenters. The molecule has 0 radical (unpaired) electrons. The summed E-state index contributed by atoms with van der Waals surface area (Å²) < 4.78 is 79.5. The number of carbonyl (C=O) groups is 2. The van der Waals surface area contributed by atoms with Gasteiger partial charge in [-0.05, 0) is 42.2 Å². The van der Waals surface area contributed by atoms with E-state index in [-0.39, 0.29) is 31.2 Å². The van der Waals surface area contributed by atoms with E-state index in [9.17, 15) is 35.9 Å². The van der Waals surface area contributed by atoms with Crippen LogP contribution in [0.5, 0.6) is 0 Å². The number of nitrogens with zero attached hydrogens (tertiary/aromatic N) is 1. The number of carbonyl (C=O) groups excluding carboxylic acids is 2. The molecule has 34 heavy (non-hydrogen) atoms. The molecule has 0 bridgehead atoms. The summed E-state index contributed by atoms with van der Waals surface area (Å²) in [5.41, 5.74) is -3.51. The van der Waals surface area contributed by atoms with E-state index in [1.165, 1.54) is 11.0 Å². The molecule has 182 valence electrons. The fraction of sp³-hybridized carbons (Fsp3) is 0.360. The molecule has 1 fully saturated rings. The Hall–Kier alpha value is -3.10. The van der Waals surface area contributed by atoms with Gasteiger partial charge in [0.05, 0.1) is 23.1 Å². The summed E-state index contributed by atoms with van der Waals surface area (Å²) in [5.74, 6) is -0.615. The van der Waals surface area contributed by atoms with Crippen LogP contribution in [0, 0.1) is 0 Å². The molecule has 0 N–H and O–H groups in total. The molecule has 9 heteroatoms. The molecule has 3 rings (SSSR count). The van der Waals surface area contributed by atoms with Crippen molar-refractivity contribution in [3.05, 3.63) is 83.4 Å². The van der Waals surface area contributed by atoms with Gasteiger partial charge in [0.1, 0.15) is 5.78 Å². The van der Waals surface area contributed by atoms with E-state index in [0.29, 0.717) is 25.0 Å². The lowest BCUT2D eigenvalue weighted by Crippen LogP contribution is -2.52. The van der Waals surface area contributed by atoms with Crippen LogP contribution >= 0.6 is 0 Å². The number of benzene rings is 2. The second-order valence-corrected chi connectivity index (χ2v) is 8.32. The maximum Gasteiger partial charge on any atom is 0.416 e. The average molecular weight is 483 g/mol. The first-order valence-corrected chi connectivity index (χ1v) is 10.6. The molecular weight excluding hydrogens is 460 g/mol. The van der Waals surface area contributed by atoms with E-state index in [4.69, 9.17) is 0 Å². The summed E-state index contributed by atoms with van der Waals surface area (Å²) in [6.45, 7) is 3.68. The summed E-state index contributed by atoms with van der Waals surface area (Å²) in [6, 6.07) is 10.1. The smallest absolute Gasteiger partial charge is 0.329 e. The van der Waals surface area contributed by atoms with Gasteiger partial charge in [0.15, 0.2) is 0 Å². The van der Waals surface area contributed by atoms with Gasteiger partial charge < -0.3 is 4.90 Å². The number of alkyl halides is 6. The number of amides is 1. The summed E-state index contributed by atoms with van der Waals surface area (Å²) >= 11 is 0. The van der Waals surface area contributed by atoms with Gasteiger partial charge >= 0.3 is 12.4 Å². The molecule has 2 aromatic carbocycles. The Morgan fingerprint density at radius 3 is 1.94 bits per heavy atom. The van der Waals surface area contributed by atoms with E-state index in [1.807, 2.05) is 0 Å². The monoisotopic (exact) mass is 483 g/mol. The number of rotatable bonds is 6. The number of ketones is 1. The van der Waals surface area contributed by atoms with Gasteiger partial charge in [0, 0.05) is 19.4 Å². The molecule has 0 aliphatic heterocycles. The van der Waals surface area contributed by atoms with E-state index < -0.39 is 46.9 Å². The highest BCUT2D eigenvalue weighted by Crippen LogP contribution is 2.42. The third-order valence-corrected chi connectivity index (χ3v) is 6.08. The molecule has 0 aromatic heterocycles. The van der Waals surface area contributed by atoms with Crippen LogP contribution < -0.4 is 0 Å². The highest BCUT2D eigenvalue weighted by molar-refractivity contribution is 5.82. The third-order valence-electron chi connectivity index (χ3n) is 6.08. The minimum absolute atomic E-state index is 0.0208. The van der Waals surface area contributed by atoms with Gasteiger partial charge in [-0.3, -0.25) is 9.59 Å². The van der Waals surface area contributed by atoms with Crippen molar-refractivity contribution in [2.45, 2.75) is 50.0 Å². The lowest BCUT2D eigenvalue weighted by Gasteiger charge is -2.46. The maximum atomic E-state index is 13.4. The van der Waals surface area contributed by atoms with Crippen LogP contribution in [0.1, 0.15) is 47.9 Å². The normalized spacial score (nSPS) is 16.2. The molecule has 3 nitrogen and oxygen atoms in total. The molecule has 0 heterocycles. The second kappa shape index (κ2) is 9.64. The van der Waals surface area contributed by atoms with Crippen LogP contribution in [0.15, 0.2) is 61.2 Å². The zero-order valence-corrected chi connectivity index (χ0v) is 18.2. The van der Waals surface area contributed by atoms with Crippen molar-refractivity contribution in [2.75, 3.05) is 6.54 Å². The summed E-state index contributed by atoms with van der Waals surface area (Å²) in [5, 5.41) is 0. The van der Waals surface area contributed by atoms with Gasteiger partial charge in [-0.2, -0.15) is 26.3 Å². The van der Waals surface area contributed by atoms with E-state index >= 15 is 0 Å². The lowest BCUT2D eigenvalue weighted by molar-refractivity contribution is -0.144.